The average molecular weight is 784 g/mol. The normalized spacial score (nSPS) is 21.3. The van der Waals surface area contributed by atoms with Gasteiger partial charge in [-0.25, -0.2) is 9.59 Å². The second kappa shape index (κ2) is 15.7. The Hall–Kier alpha value is -3.08. The third kappa shape index (κ3) is 8.51. The zero-order chi connectivity index (χ0) is 35.6. The van der Waals surface area contributed by atoms with Gasteiger partial charge < -0.3 is 36.0 Å². The molecule has 6 rings (SSSR count). The van der Waals surface area contributed by atoms with Crippen LogP contribution in [-0.4, -0.2) is 127 Å². The van der Waals surface area contributed by atoms with Crippen LogP contribution in [0.3, 0.4) is 0 Å². The molecule has 274 valence electrons. The van der Waals surface area contributed by atoms with E-state index in [1.54, 1.807) is 21.1 Å². The Morgan fingerprint density at radius 1 is 0.980 bits per heavy atom. The van der Waals surface area contributed by atoms with Crippen LogP contribution >= 0.6 is 27.3 Å². The monoisotopic (exact) mass is 782 g/mol. The minimum absolute atomic E-state index is 0.0389. The second-order valence-electron chi connectivity index (χ2n) is 13.9. The molecule has 0 saturated carbocycles. The Balaban J connectivity index is 1.12. The van der Waals surface area contributed by atoms with E-state index in [4.69, 9.17) is 5.73 Å². The van der Waals surface area contributed by atoms with E-state index in [9.17, 15) is 27.6 Å². The highest BCUT2D eigenvalue weighted by atomic mass is 79.9. The molecule has 0 unspecified atom stereocenters. The highest BCUT2D eigenvalue weighted by Crippen LogP contribution is 2.38. The molecule has 0 spiro atoms. The zero-order valence-electron chi connectivity index (χ0n) is 28.3. The van der Waals surface area contributed by atoms with Crippen molar-refractivity contribution in [2.75, 3.05) is 77.0 Å². The van der Waals surface area contributed by atoms with Crippen molar-refractivity contribution in [2.45, 2.75) is 69.2 Å². The summed E-state index contributed by atoms with van der Waals surface area (Å²) in [7, 11) is 2.13. The Bertz CT molecular complexity index is 1540. The standard InChI is InChI=1S/C34H46BrF3N8O3S/c1-42-8-2-9-43(16-15-42)24-4-10-44(11-5-24)31(47)28(19-22-17-26(34(36,37)38)30(39)27(35)18-22)40-32(48)45-12-6-25(7-13-45)46-14-3-23-20-50-21-29(23)41-33(46)49/h17-18,20-21,24-25,28H,2-16,19,39H2,1H3,(H,40,48)(H,41,49)/t28-/m1/s1. The minimum Gasteiger partial charge on any atom is -0.397 e. The van der Waals surface area contributed by atoms with Crippen molar-refractivity contribution < 1.29 is 27.6 Å². The van der Waals surface area contributed by atoms with Gasteiger partial charge in [-0.05, 0) is 103 Å². The van der Waals surface area contributed by atoms with Gasteiger partial charge in [0.1, 0.15) is 6.04 Å². The van der Waals surface area contributed by atoms with E-state index < -0.39 is 29.5 Å². The van der Waals surface area contributed by atoms with Gasteiger partial charge in [-0.1, -0.05) is 0 Å². The lowest BCUT2D eigenvalue weighted by molar-refractivity contribution is -0.137. The number of nitrogens with zero attached hydrogens (tertiary/aromatic N) is 5. The Labute approximate surface area is 303 Å². The van der Waals surface area contributed by atoms with E-state index >= 15 is 0 Å². The number of hydrogen-bond donors (Lipinski definition) is 3. The highest BCUT2D eigenvalue weighted by Gasteiger charge is 2.37. The number of carbonyl (C=O) groups is 3. The summed E-state index contributed by atoms with van der Waals surface area (Å²) in [5, 5.41) is 9.88. The van der Waals surface area contributed by atoms with Crippen LogP contribution in [-0.2, 0) is 23.8 Å². The number of halogens is 4. The maximum absolute atomic E-state index is 14.1. The van der Waals surface area contributed by atoms with Gasteiger partial charge in [0.05, 0.1) is 16.9 Å². The predicted molar refractivity (Wildman–Crippen MR) is 191 cm³/mol. The molecule has 1 atom stereocenters. The molecule has 16 heteroatoms. The SMILES string of the molecule is CN1CCCN(C2CCN(C(=O)[C@@H](Cc3cc(Br)c(N)c(C(F)(F)F)c3)NC(=O)N3CCC(N4CCc5cscc5NC4=O)CC3)CC2)CC1. The molecule has 4 N–H and O–H groups in total. The van der Waals surface area contributed by atoms with Gasteiger partial charge in [0.15, 0.2) is 0 Å². The molecule has 4 aliphatic rings. The number of alkyl halides is 3. The maximum atomic E-state index is 14.1. The summed E-state index contributed by atoms with van der Waals surface area (Å²) in [6, 6.07) is 1.11. The number of carbonyl (C=O) groups excluding carboxylic acids is 3. The van der Waals surface area contributed by atoms with Gasteiger partial charge in [-0.15, -0.1) is 11.3 Å². The Morgan fingerprint density at radius 3 is 2.40 bits per heavy atom. The van der Waals surface area contributed by atoms with E-state index in [2.05, 4.69) is 43.4 Å². The van der Waals surface area contributed by atoms with E-state index in [1.165, 1.54) is 6.07 Å². The average Bonchev–Trinajstić information content (AvgIpc) is 3.32. The number of hydrogen-bond acceptors (Lipinski definition) is 7. The predicted octanol–water partition coefficient (Wildman–Crippen LogP) is 4.92. The molecule has 4 aliphatic heterocycles. The van der Waals surface area contributed by atoms with Gasteiger partial charge in [0, 0.05) is 74.2 Å². The summed E-state index contributed by atoms with van der Waals surface area (Å²) >= 11 is 4.72. The number of nitrogens with two attached hydrogens (primary N) is 1. The molecule has 1 aromatic carbocycles. The second-order valence-corrected chi connectivity index (χ2v) is 15.5. The molecule has 50 heavy (non-hydrogen) atoms. The van der Waals surface area contributed by atoms with Crippen LogP contribution in [0.4, 0.5) is 34.1 Å². The van der Waals surface area contributed by atoms with Crippen molar-refractivity contribution in [1.82, 2.24) is 29.8 Å². The molecule has 0 radical (unpaired) electrons. The van der Waals surface area contributed by atoms with Gasteiger partial charge in [-0.2, -0.15) is 13.2 Å². The number of thiophene rings is 1. The van der Waals surface area contributed by atoms with Crippen LogP contribution < -0.4 is 16.4 Å². The summed E-state index contributed by atoms with van der Waals surface area (Å²) in [4.78, 5) is 50.9. The molecule has 11 nitrogen and oxygen atoms in total. The van der Waals surface area contributed by atoms with Gasteiger partial charge >= 0.3 is 18.2 Å². The Kier molecular flexibility index (Phi) is 11.5. The van der Waals surface area contributed by atoms with Crippen molar-refractivity contribution >= 4 is 56.6 Å². The van der Waals surface area contributed by atoms with Crippen LogP contribution in [0.25, 0.3) is 0 Å². The number of nitrogens with one attached hydrogen (secondary N) is 2. The van der Waals surface area contributed by atoms with E-state index in [0.29, 0.717) is 51.6 Å². The van der Waals surface area contributed by atoms with Gasteiger partial charge in [-0.3, -0.25) is 9.69 Å². The molecule has 3 saturated heterocycles. The van der Waals surface area contributed by atoms with Crippen molar-refractivity contribution in [3.05, 3.63) is 44.1 Å². The molecular formula is C34H46BrF3N8O3S. The van der Waals surface area contributed by atoms with Crippen molar-refractivity contribution in [2.24, 2.45) is 0 Å². The molecule has 0 bridgehead atoms. The largest absolute Gasteiger partial charge is 0.418 e. The van der Waals surface area contributed by atoms with E-state index in [-0.39, 0.29) is 34.4 Å². The fourth-order valence-corrected chi connectivity index (χ4v) is 9.02. The molecule has 5 heterocycles. The van der Waals surface area contributed by atoms with E-state index in [0.717, 1.165) is 69.2 Å². The third-order valence-electron chi connectivity index (χ3n) is 10.6. The number of amides is 5. The number of likely N-dealkylation sites (tertiary alicyclic amines) is 2. The Morgan fingerprint density at radius 2 is 1.68 bits per heavy atom. The first-order chi connectivity index (χ1) is 23.9. The topological polar surface area (TPSA) is 117 Å². The smallest absolute Gasteiger partial charge is 0.397 e. The first-order valence-electron chi connectivity index (χ1n) is 17.4. The number of likely N-dealkylation sites (N-methyl/N-ethyl adjacent to an activating group) is 1. The van der Waals surface area contributed by atoms with Crippen LogP contribution in [0.15, 0.2) is 27.4 Å². The zero-order valence-corrected chi connectivity index (χ0v) is 30.7. The summed E-state index contributed by atoms with van der Waals surface area (Å²) in [6.45, 7) is 6.44. The lowest BCUT2D eigenvalue weighted by atomic mass is 9.98. The number of anilines is 2. The minimum atomic E-state index is -4.68. The van der Waals surface area contributed by atoms with Gasteiger partial charge in [0.2, 0.25) is 5.91 Å². The number of fused-ring (bicyclic) bond motifs is 1. The molecular weight excluding hydrogens is 737 g/mol. The third-order valence-corrected chi connectivity index (χ3v) is 12.1. The van der Waals surface area contributed by atoms with Crippen molar-refractivity contribution in [3.8, 4) is 0 Å². The lowest BCUT2D eigenvalue weighted by Crippen LogP contribution is -2.57. The lowest BCUT2D eigenvalue weighted by Gasteiger charge is -2.40. The quantitative estimate of drug-likeness (QED) is 0.359. The summed E-state index contributed by atoms with van der Waals surface area (Å²) in [6.07, 6.45) is -0.211. The van der Waals surface area contributed by atoms with E-state index in [1.807, 2.05) is 15.7 Å². The van der Waals surface area contributed by atoms with Crippen LogP contribution in [0.1, 0.15) is 48.8 Å². The molecule has 2 aromatic rings. The van der Waals surface area contributed by atoms with Crippen LogP contribution in [0, 0.1) is 0 Å². The number of piperidine rings is 2. The molecule has 5 amide bonds. The number of nitrogen functional groups attached to an aromatic ring is 1. The molecule has 0 aliphatic carbocycles. The molecule has 1 aromatic heterocycles. The summed E-state index contributed by atoms with van der Waals surface area (Å²) in [5.41, 5.74) is 6.55. The molecule has 3 fully saturated rings. The van der Waals surface area contributed by atoms with Gasteiger partial charge in [0.25, 0.3) is 0 Å². The number of benzene rings is 1. The fourth-order valence-electron chi connectivity index (χ4n) is 7.69. The van der Waals surface area contributed by atoms with Crippen LogP contribution in [0.5, 0.6) is 0 Å². The van der Waals surface area contributed by atoms with Crippen molar-refractivity contribution in [1.29, 1.82) is 0 Å². The number of rotatable bonds is 6. The summed E-state index contributed by atoms with van der Waals surface area (Å²) in [5.74, 6) is -0.308. The highest BCUT2D eigenvalue weighted by molar-refractivity contribution is 9.10. The van der Waals surface area contributed by atoms with Crippen LogP contribution in [0.2, 0.25) is 0 Å². The number of urea groups is 2. The fraction of sp³-hybridized carbons (Fsp3) is 0.618. The van der Waals surface area contributed by atoms with Crippen molar-refractivity contribution in [3.63, 3.8) is 0 Å². The summed E-state index contributed by atoms with van der Waals surface area (Å²) < 4.78 is 41.7. The maximum Gasteiger partial charge on any atom is 0.418 e. The first-order valence-corrected chi connectivity index (χ1v) is 19.2. The first kappa shape index (κ1) is 36.7.